The number of carboxylic acids is 1. The van der Waals surface area contributed by atoms with E-state index in [1.54, 1.807) is 0 Å². The standard InChI is InChI=1S/C13H25NO2/c1-2-3-4-5-6-7-8-9-11-14-12-10-13(15)16/h9,11,14H,2-8,10,12H2,1H3,(H,15,16). The predicted molar refractivity (Wildman–Crippen MR) is 67.4 cm³/mol. The zero-order valence-corrected chi connectivity index (χ0v) is 10.4. The number of allylic oxidation sites excluding steroid dienone is 1. The van der Waals surface area contributed by atoms with E-state index in [9.17, 15) is 4.79 Å². The molecule has 0 saturated carbocycles. The summed E-state index contributed by atoms with van der Waals surface area (Å²) in [6.45, 7) is 2.74. The molecule has 0 bridgehead atoms. The first kappa shape index (κ1) is 15.0. The van der Waals surface area contributed by atoms with Crippen LogP contribution in [0.1, 0.15) is 58.3 Å². The fourth-order valence-corrected chi connectivity index (χ4v) is 1.47. The molecule has 0 atom stereocenters. The number of hydrogen-bond donors (Lipinski definition) is 2. The number of carbonyl (C=O) groups is 1. The molecule has 0 rings (SSSR count). The van der Waals surface area contributed by atoms with Gasteiger partial charge in [-0.3, -0.25) is 4.79 Å². The van der Waals surface area contributed by atoms with Crippen molar-refractivity contribution < 1.29 is 9.90 Å². The lowest BCUT2D eigenvalue weighted by molar-refractivity contribution is -0.136. The Morgan fingerprint density at radius 1 is 1.19 bits per heavy atom. The lowest BCUT2D eigenvalue weighted by Crippen LogP contribution is -2.11. The monoisotopic (exact) mass is 227 g/mol. The van der Waals surface area contributed by atoms with Crippen LogP contribution >= 0.6 is 0 Å². The number of nitrogens with one attached hydrogen (secondary N) is 1. The maximum atomic E-state index is 10.2. The zero-order valence-electron chi connectivity index (χ0n) is 10.4. The highest BCUT2D eigenvalue weighted by atomic mass is 16.4. The topological polar surface area (TPSA) is 49.3 Å². The van der Waals surface area contributed by atoms with Crippen molar-refractivity contribution in [3.63, 3.8) is 0 Å². The van der Waals surface area contributed by atoms with Crippen LogP contribution in [0.2, 0.25) is 0 Å². The summed E-state index contributed by atoms with van der Waals surface area (Å²) in [5.74, 6) is -0.753. The Bertz CT molecular complexity index is 190. The highest BCUT2D eigenvalue weighted by Gasteiger charge is 1.92. The van der Waals surface area contributed by atoms with Gasteiger partial charge in [0.05, 0.1) is 6.42 Å². The average Bonchev–Trinajstić information content (AvgIpc) is 2.25. The Morgan fingerprint density at radius 2 is 1.88 bits per heavy atom. The molecular formula is C13H25NO2. The second-order valence-electron chi connectivity index (χ2n) is 4.06. The fraction of sp³-hybridized carbons (Fsp3) is 0.769. The number of rotatable bonds is 11. The molecule has 3 nitrogen and oxygen atoms in total. The van der Waals surface area contributed by atoms with E-state index in [0.717, 1.165) is 6.42 Å². The molecule has 0 saturated heterocycles. The van der Waals surface area contributed by atoms with Gasteiger partial charge in [-0.25, -0.2) is 0 Å². The minimum atomic E-state index is -0.753. The molecule has 2 N–H and O–H groups in total. The van der Waals surface area contributed by atoms with Gasteiger partial charge in [-0.1, -0.05) is 45.1 Å². The summed E-state index contributed by atoms with van der Waals surface area (Å²) < 4.78 is 0. The molecule has 0 aliphatic heterocycles. The van der Waals surface area contributed by atoms with Crippen molar-refractivity contribution in [1.82, 2.24) is 5.32 Å². The van der Waals surface area contributed by atoms with Crippen LogP contribution in [0, 0.1) is 0 Å². The van der Waals surface area contributed by atoms with E-state index in [2.05, 4.69) is 18.3 Å². The molecule has 16 heavy (non-hydrogen) atoms. The van der Waals surface area contributed by atoms with E-state index in [4.69, 9.17) is 5.11 Å². The summed E-state index contributed by atoms with van der Waals surface area (Å²) in [5, 5.41) is 11.4. The minimum absolute atomic E-state index is 0.182. The summed E-state index contributed by atoms with van der Waals surface area (Å²) in [6, 6.07) is 0. The van der Waals surface area contributed by atoms with Gasteiger partial charge in [-0.15, -0.1) is 0 Å². The van der Waals surface area contributed by atoms with Gasteiger partial charge < -0.3 is 10.4 Å². The summed E-state index contributed by atoms with van der Waals surface area (Å²) >= 11 is 0. The third kappa shape index (κ3) is 13.0. The molecular weight excluding hydrogens is 202 g/mol. The van der Waals surface area contributed by atoms with Crippen molar-refractivity contribution in [1.29, 1.82) is 0 Å². The number of carboxylic acid groups (broad SMARTS) is 1. The van der Waals surface area contributed by atoms with Gasteiger partial charge in [0, 0.05) is 6.54 Å². The highest BCUT2D eigenvalue weighted by molar-refractivity contribution is 5.66. The minimum Gasteiger partial charge on any atom is -0.481 e. The maximum absolute atomic E-state index is 10.2. The SMILES string of the molecule is CCCCCCCCC=CNCCC(=O)O. The van der Waals surface area contributed by atoms with Crippen molar-refractivity contribution in [2.75, 3.05) is 6.54 Å². The Labute approximate surface area is 98.9 Å². The molecule has 0 aromatic heterocycles. The first-order chi connectivity index (χ1) is 7.77. The summed E-state index contributed by atoms with van der Waals surface area (Å²) in [4.78, 5) is 10.2. The normalized spacial score (nSPS) is 10.8. The fourth-order valence-electron chi connectivity index (χ4n) is 1.47. The Morgan fingerprint density at radius 3 is 2.56 bits per heavy atom. The maximum Gasteiger partial charge on any atom is 0.305 e. The Hall–Kier alpha value is -0.990. The van der Waals surface area contributed by atoms with E-state index in [1.807, 2.05) is 6.20 Å². The van der Waals surface area contributed by atoms with Gasteiger partial charge in [0.1, 0.15) is 0 Å². The number of hydrogen-bond acceptors (Lipinski definition) is 2. The second kappa shape index (κ2) is 12.1. The molecule has 0 fully saturated rings. The van der Waals surface area contributed by atoms with Crippen molar-refractivity contribution in [2.45, 2.75) is 58.3 Å². The summed E-state index contributed by atoms with van der Waals surface area (Å²) in [5.41, 5.74) is 0. The van der Waals surface area contributed by atoms with Gasteiger partial charge in [0.2, 0.25) is 0 Å². The second-order valence-corrected chi connectivity index (χ2v) is 4.06. The van der Waals surface area contributed by atoms with Gasteiger partial charge in [0.15, 0.2) is 0 Å². The summed E-state index contributed by atoms with van der Waals surface area (Å²) in [7, 11) is 0. The van der Waals surface area contributed by atoms with E-state index in [-0.39, 0.29) is 6.42 Å². The van der Waals surface area contributed by atoms with E-state index in [1.165, 1.54) is 38.5 Å². The van der Waals surface area contributed by atoms with Gasteiger partial charge in [-0.2, -0.15) is 0 Å². The lowest BCUT2D eigenvalue weighted by Gasteiger charge is -1.98. The zero-order chi connectivity index (χ0) is 12.1. The quantitative estimate of drug-likeness (QED) is 0.532. The third-order valence-electron chi connectivity index (χ3n) is 2.44. The molecule has 3 heteroatoms. The molecule has 0 aliphatic rings. The molecule has 0 aliphatic carbocycles. The van der Waals surface area contributed by atoms with Crippen LogP contribution in [-0.4, -0.2) is 17.6 Å². The lowest BCUT2D eigenvalue weighted by atomic mass is 10.1. The molecule has 0 heterocycles. The Balaban J connectivity index is 3.06. The smallest absolute Gasteiger partial charge is 0.305 e. The van der Waals surface area contributed by atoms with E-state index < -0.39 is 5.97 Å². The first-order valence-corrected chi connectivity index (χ1v) is 6.37. The van der Waals surface area contributed by atoms with Crippen molar-refractivity contribution in [3.8, 4) is 0 Å². The molecule has 0 aromatic rings. The summed E-state index contributed by atoms with van der Waals surface area (Å²) in [6.07, 6.45) is 13.1. The molecule has 0 spiro atoms. The molecule has 94 valence electrons. The van der Waals surface area contributed by atoms with Crippen LogP contribution in [0.25, 0.3) is 0 Å². The van der Waals surface area contributed by atoms with Crippen molar-refractivity contribution in [3.05, 3.63) is 12.3 Å². The molecule has 0 unspecified atom stereocenters. The van der Waals surface area contributed by atoms with Crippen LogP contribution in [-0.2, 0) is 4.79 Å². The Kier molecular flexibility index (Phi) is 11.3. The van der Waals surface area contributed by atoms with Crippen molar-refractivity contribution >= 4 is 5.97 Å². The van der Waals surface area contributed by atoms with Crippen LogP contribution < -0.4 is 5.32 Å². The van der Waals surface area contributed by atoms with Crippen LogP contribution in [0.15, 0.2) is 12.3 Å². The van der Waals surface area contributed by atoms with Gasteiger partial charge >= 0.3 is 5.97 Å². The largest absolute Gasteiger partial charge is 0.481 e. The van der Waals surface area contributed by atoms with Gasteiger partial charge in [0.25, 0.3) is 0 Å². The van der Waals surface area contributed by atoms with Gasteiger partial charge in [-0.05, 0) is 19.0 Å². The number of unbranched alkanes of at least 4 members (excludes halogenated alkanes) is 6. The molecule has 0 amide bonds. The molecule has 0 aromatic carbocycles. The van der Waals surface area contributed by atoms with E-state index in [0.29, 0.717) is 6.54 Å². The van der Waals surface area contributed by atoms with Crippen molar-refractivity contribution in [2.24, 2.45) is 0 Å². The predicted octanol–water partition coefficient (Wildman–Crippen LogP) is 3.32. The third-order valence-corrected chi connectivity index (χ3v) is 2.44. The average molecular weight is 227 g/mol. The van der Waals surface area contributed by atoms with Crippen LogP contribution in [0.3, 0.4) is 0 Å². The first-order valence-electron chi connectivity index (χ1n) is 6.37. The number of aliphatic carboxylic acids is 1. The molecule has 0 radical (unpaired) electrons. The van der Waals surface area contributed by atoms with Crippen LogP contribution in [0.4, 0.5) is 0 Å². The van der Waals surface area contributed by atoms with E-state index >= 15 is 0 Å². The highest BCUT2D eigenvalue weighted by Crippen LogP contribution is 2.06. The van der Waals surface area contributed by atoms with Crippen LogP contribution in [0.5, 0.6) is 0 Å².